The Morgan fingerprint density at radius 1 is 1.19 bits per heavy atom. The summed E-state index contributed by atoms with van der Waals surface area (Å²) in [6.07, 6.45) is 2.29. The summed E-state index contributed by atoms with van der Waals surface area (Å²) in [6, 6.07) is 14.8. The Morgan fingerprint density at radius 3 is 2.63 bits per heavy atom. The van der Waals surface area contributed by atoms with Crippen molar-refractivity contribution in [3.8, 4) is 0 Å². The Bertz CT molecular complexity index is 859. The second-order valence-corrected chi connectivity index (χ2v) is 7.42. The van der Waals surface area contributed by atoms with E-state index in [0.29, 0.717) is 18.5 Å². The van der Waals surface area contributed by atoms with Crippen LogP contribution in [0, 0.1) is 18.7 Å². The van der Waals surface area contributed by atoms with E-state index in [9.17, 15) is 9.18 Å². The highest BCUT2D eigenvalue weighted by Gasteiger charge is 2.36. The van der Waals surface area contributed by atoms with E-state index in [1.165, 1.54) is 11.6 Å². The van der Waals surface area contributed by atoms with Gasteiger partial charge in [0.2, 0.25) is 5.91 Å². The number of carbonyl (C=O) groups is 1. The molecule has 1 saturated carbocycles. The molecule has 0 spiro atoms. The van der Waals surface area contributed by atoms with Gasteiger partial charge in [-0.2, -0.15) is 0 Å². The minimum absolute atomic E-state index is 0.0793. The molecule has 1 heterocycles. The molecule has 1 fully saturated rings. The Balaban J connectivity index is 1.44. The monoisotopic (exact) mass is 366 g/mol. The average molecular weight is 366 g/mol. The van der Waals surface area contributed by atoms with Gasteiger partial charge in [-0.15, -0.1) is 0 Å². The van der Waals surface area contributed by atoms with Gasteiger partial charge in [-0.25, -0.2) is 4.39 Å². The van der Waals surface area contributed by atoms with Crippen LogP contribution in [0.3, 0.4) is 0 Å². The number of hydrogen-bond donors (Lipinski definition) is 0. The molecule has 140 valence electrons. The van der Waals surface area contributed by atoms with Gasteiger partial charge in [0.25, 0.3) is 0 Å². The number of halogens is 1. The number of oxime groups is 1. The summed E-state index contributed by atoms with van der Waals surface area (Å²) >= 11 is 0. The molecule has 0 aromatic heterocycles. The van der Waals surface area contributed by atoms with Crippen molar-refractivity contribution < 1.29 is 14.0 Å². The van der Waals surface area contributed by atoms with Crippen molar-refractivity contribution in [1.82, 2.24) is 4.90 Å². The van der Waals surface area contributed by atoms with E-state index >= 15 is 0 Å². The van der Waals surface area contributed by atoms with Crippen LogP contribution in [0.4, 0.5) is 4.39 Å². The predicted octanol–water partition coefficient (Wildman–Crippen LogP) is 4.07. The van der Waals surface area contributed by atoms with Crippen LogP contribution in [0.1, 0.15) is 36.0 Å². The lowest BCUT2D eigenvalue weighted by Crippen LogP contribution is -2.38. The summed E-state index contributed by atoms with van der Waals surface area (Å²) < 4.78 is 14.1. The highest BCUT2D eigenvalue weighted by atomic mass is 19.1. The van der Waals surface area contributed by atoms with Gasteiger partial charge in [0.05, 0.1) is 12.3 Å². The summed E-state index contributed by atoms with van der Waals surface area (Å²) in [7, 11) is 0. The van der Waals surface area contributed by atoms with Crippen LogP contribution >= 0.6 is 0 Å². The first kappa shape index (κ1) is 17.7. The van der Waals surface area contributed by atoms with Gasteiger partial charge in [-0.1, -0.05) is 53.2 Å². The van der Waals surface area contributed by atoms with Gasteiger partial charge in [-0.3, -0.25) is 4.79 Å². The van der Waals surface area contributed by atoms with E-state index in [-0.39, 0.29) is 30.3 Å². The zero-order chi connectivity index (χ0) is 18.8. The average Bonchev–Trinajstić information content (AvgIpc) is 3.42. The Hall–Kier alpha value is -2.69. The molecule has 4 rings (SSSR count). The number of rotatable bonds is 6. The van der Waals surface area contributed by atoms with Crippen molar-refractivity contribution in [2.75, 3.05) is 6.54 Å². The van der Waals surface area contributed by atoms with E-state index < -0.39 is 0 Å². The molecule has 0 bridgehead atoms. The molecule has 0 N–H and O–H groups in total. The predicted molar refractivity (Wildman–Crippen MR) is 102 cm³/mol. The molecule has 1 atom stereocenters. The Kier molecular flexibility index (Phi) is 4.92. The van der Waals surface area contributed by atoms with Crippen molar-refractivity contribution in [1.29, 1.82) is 0 Å². The molecule has 2 aromatic carbocycles. The largest absolute Gasteiger partial charge is 0.390 e. The second kappa shape index (κ2) is 7.51. The molecule has 2 aromatic rings. The number of carbonyl (C=O) groups excluding carboxylic acids is 1. The van der Waals surface area contributed by atoms with Crippen molar-refractivity contribution in [3.63, 3.8) is 0 Å². The molecule has 4 nitrogen and oxygen atoms in total. The zero-order valence-corrected chi connectivity index (χ0v) is 15.4. The molecule has 5 heteroatoms. The summed E-state index contributed by atoms with van der Waals surface area (Å²) in [6.45, 7) is 2.73. The number of nitrogens with zero attached hydrogens (tertiary/aromatic N) is 2. The fourth-order valence-corrected chi connectivity index (χ4v) is 3.34. The van der Waals surface area contributed by atoms with Crippen LogP contribution in [0.2, 0.25) is 0 Å². The normalized spacial score (nSPS) is 18.7. The van der Waals surface area contributed by atoms with E-state index in [0.717, 1.165) is 24.1 Å². The maximum atomic E-state index is 14.1. The maximum Gasteiger partial charge on any atom is 0.226 e. The van der Waals surface area contributed by atoms with Crippen LogP contribution in [0.5, 0.6) is 0 Å². The van der Waals surface area contributed by atoms with Crippen molar-refractivity contribution in [2.24, 2.45) is 11.1 Å². The molecular weight excluding hydrogens is 343 g/mol. The number of aryl methyl sites for hydroxylation is 1. The Labute approximate surface area is 158 Å². The molecular formula is C22H23FN2O2. The molecule has 1 amide bonds. The standard InChI is InChI=1S/C22H23FN2O2/c1-15-6-8-16(9-7-15)21-12-19(27-24-21)14-25(22(26)17-10-11-17)13-18-4-2-3-5-20(18)23/h2-9,17,19H,10-14H2,1H3/t19-/m0/s1. The van der Waals surface area contributed by atoms with E-state index in [1.54, 1.807) is 23.1 Å². The van der Waals surface area contributed by atoms with Gasteiger partial charge >= 0.3 is 0 Å². The lowest BCUT2D eigenvalue weighted by molar-refractivity contribution is -0.135. The van der Waals surface area contributed by atoms with Crippen molar-refractivity contribution >= 4 is 11.6 Å². The van der Waals surface area contributed by atoms with Crippen molar-refractivity contribution in [3.05, 3.63) is 71.0 Å². The first-order chi connectivity index (χ1) is 13.1. The Morgan fingerprint density at radius 2 is 1.93 bits per heavy atom. The van der Waals surface area contributed by atoms with Crippen molar-refractivity contribution in [2.45, 2.75) is 38.8 Å². The highest BCUT2D eigenvalue weighted by molar-refractivity contribution is 6.01. The first-order valence-corrected chi connectivity index (χ1v) is 9.42. The van der Waals surface area contributed by atoms with Crippen LogP contribution in [0.15, 0.2) is 53.7 Å². The molecule has 2 aliphatic rings. The van der Waals surface area contributed by atoms with E-state index in [1.807, 2.05) is 31.2 Å². The lowest BCUT2D eigenvalue weighted by atomic mass is 10.0. The smallest absolute Gasteiger partial charge is 0.226 e. The van der Waals surface area contributed by atoms with Gasteiger partial charge in [0, 0.05) is 24.4 Å². The van der Waals surface area contributed by atoms with Gasteiger partial charge in [0.15, 0.2) is 6.10 Å². The summed E-state index contributed by atoms with van der Waals surface area (Å²) in [5.74, 6) is -0.115. The van der Waals surface area contributed by atoms with Crippen LogP contribution in [-0.2, 0) is 16.2 Å². The number of amides is 1. The number of hydrogen-bond acceptors (Lipinski definition) is 3. The third kappa shape index (κ3) is 4.18. The molecule has 0 unspecified atom stereocenters. The third-order valence-corrected chi connectivity index (χ3v) is 5.10. The molecule has 1 aliphatic heterocycles. The van der Waals surface area contributed by atoms with Crippen LogP contribution < -0.4 is 0 Å². The summed E-state index contributed by atoms with van der Waals surface area (Å²) in [5.41, 5.74) is 3.66. The summed E-state index contributed by atoms with van der Waals surface area (Å²) in [4.78, 5) is 20.0. The minimum Gasteiger partial charge on any atom is -0.390 e. The summed E-state index contributed by atoms with van der Waals surface area (Å²) in [5, 5.41) is 4.22. The second-order valence-electron chi connectivity index (χ2n) is 7.42. The lowest BCUT2D eigenvalue weighted by Gasteiger charge is -2.25. The van der Waals surface area contributed by atoms with Gasteiger partial charge in [0.1, 0.15) is 5.82 Å². The molecule has 27 heavy (non-hydrogen) atoms. The first-order valence-electron chi connectivity index (χ1n) is 9.42. The van der Waals surface area contributed by atoms with E-state index in [4.69, 9.17) is 4.84 Å². The van der Waals surface area contributed by atoms with Gasteiger partial charge in [-0.05, 0) is 31.4 Å². The molecule has 0 radical (unpaired) electrons. The van der Waals surface area contributed by atoms with E-state index in [2.05, 4.69) is 5.16 Å². The molecule has 1 aliphatic carbocycles. The fourth-order valence-electron chi connectivity index (χ4n) is 3.34. The molecule has 0 saturated heterocycles. The third-order valence-electron chi connectivity index (χ3n) is 5.10. The number of benzene rings is 2. The van der Waals surface area contributed by atoms with Crippen LogP contribution in [0.25, 0.3) is 0 Å². The maximum absolute atomic E-state index is 14.1. The van der Waals surface area contributed by atoms with Crippen LogP contribution in [-0.4, -0.2) is 29.2 Å². The highest BCUT2D eigenvalue weighted by Crippen LogP contribution is 2.32. The topological polar surface area (TPSA) is 41.9 Å². The quantitative estimate of drug-likeness (QED) is 0.773. The fraction of sp³-hybridized carbons (Fsp3) is 0.364. The SMILES string of the molecule is Cc1ccc(C2=NO[C@H](CN(Cc3ccccc3F)C(=O)C3CC3)C2)cc1. The van der Waals surface area contributed by atoms with Gasteiger partial charge < -0.3 is 9.74 Å². The minimum atomic E-state index is -0.282. The zero-order valence-electron chi connectivity index (χ0n) is 15.4.